The summed E-state index contributed by atoms with van der Waals surface area (Å²) in [5.74, 6) is -0.534. The lowest BCUT2D eigenvalue weighted by Crippen LogP contribution is -2.66. The molecule has 2 fully saturated rings. The number of hydrogen-bond donors (Lipinski definition) is 11. The van der Waals surface area contributed by atoms with Gasteiger partial charge in [0, 0.05) is 6.92 Å². The highest BCUT2D eigenvalue weighted by Crippen LogP contribution is 2.28. The lowest BCUT2D eigenvalue weighted by atomic mass is 9.96. The van der Waals surface area contributed by atoms with Gasteiger partial charge in [0.1, 0.15) is 61.0 Å². The van der Waals surface area contributed by atoms with Crippen molar-refractivity contribution >= 4 is 5.91 Å². The summed E-state index contributed by atoms with van der Waals surface area (Å²) in [6.45, 7) is 0.442. The van der Waals surface area contributed by atoms with E-state index in [1.54, 1.807) is 7.05 Å². The van der Waals surface area contributed by atoms with Gasteiger partial charge < -0.3 is 85.0 Å². The molecule has 0 aromatic heterocycles. The molecule has 2 heterocycles. The molecule has 14 atom stereocenters. The summed E-state index contributed by atoms with van der Waals surface area (Å²) in [5.41, 5.74) is 0. The van der Waals surface area contributed by atoms with Crippen molar-refractivity contribution in [3.8, 4) is 0 Å². The average Bonchev–Trinajstić information content (AvgIpc) is 2.97. The summed E-state index contributed by atoms with van der Waals surface area (Å²) in [4.78, 5) is 11.9. The second-order valence-corrected chi connectivity index (χ2v) is 10.4. The van der Waals surface area contributed by atoms with Crippen LogP contribution in [0.5, 0.6) is 0 Å². The zero-order valence-electron chi connectivity index (χ0n) is 24.4. The van der Waals surface area contributed by atoms with Gasteiger partial charge in [0.25, 0.3) is 0 Å². The standard InChI is InChI=1S/C25H48N2O16/c1-11(31)14(7-28)40-23(13(33)10-39-25-21(37)20(36)18(34)15(8-29)41-25)43-22-16(9-30)42-24(38-6-4-5-26-3)17(19(22)35)27-12(2)32/h11,13-26,28-31,33-37H,4-10H2,1-3H3,(H,27,32)/t11-,13+,14?,15?,16?,17?,18?,19?,20?,21?,22?,23?,24?,25?/m1/s1. The maximum atomic E-state index is 11.9. The van der Waals surface area contributed by atoms with Gasteiger partial charge in [-0.2, -0.15) is 0 Å². The highest BCUT2D eigenvalue weighted by molar-refractivity contribution is 5.73. The highest BCUT2D eigenvalue weighted by Gasteiger charge is 2.49. The predicted octanol–water partition coefficient (Wildman–Crippen LogP) is -6.16. The van der Waals surface area contributed by atoms with Crippen molar-refractivity contribution in [3.05, 3.63) is 0 Å². The zero-order valence-corrected chi connectivity index (χ0v) is 24.4. The van der Waals surface area contributed by atoms with Gasteiger partial charge in [-0.15, -0.1) is 0 Å². The van der Waals surface area contributed by atoms with E-state index in [0.717, 1.165) is 0 Å². The van der Waals surface area contributed by atoms with E-state index >= 15 is 0 Å². The van der Waals surface area contributed by atoms with Gasteiger partial charge >= 0.3 is 0 Å². The molecule has 2 saturated heterocycles. The van der Waals surface area contributed by atoms with E-state index < -0.39 is 118 Å². The van der Waals surface area contributed by atoms with Gasteiger partial charge in [-0.05, 0) is 26.9 Å². The smallest absolute Gasteiger partial charge is 0.217 e. The molecule has 0 radical (unpaired) electrons. The number of hydrogen-bond acceptors (Lipinski definition) is 17. The van der Waals surface area contributed by atoms with E-state index in [-0.39, 0.29) is 6.61 Å². The normalized spacial score (nSPS) is 36.1. The van der Waals surface area contributed by atoms with Crippen LogP contribution in [0.3, 0.4) is 0 Å². The number of carbonyl (C=O) groups is 1. The minimum Gasteiger partial charge on any atom is -0.394 e. The largest absolute Gasteiger partial charge is 0.394 e. The van der Waals surface area contributed by atoms with Crippen molar-refractivity contribution < 1.29 is 79.2 Å². The van der Waals surface area contributed by atoms with Crippen LogP contribution in [-0.2, 0) is 33.2 Å². The van der Waals surface area contributed by atoms with Gasteiger partial charge in [0.05, 0.1) is 39.1 Å². The molecule has 0 aromatic rings. The number of amides is 1. The Morgan fingerprint density at radius 1 is 0.907 bits per heavy atom. The van der Waals surface area contributed by atoms with Crippen LogP contribution in [0.25, 0.3) is 0 Å². The number of rotatable bonds is 18. The van der Waals surface area contributed by atoms with E-state index in [1.165, 1.54) is 13.8 Å². The third kappa shape index (κ3) is 10.7. The Hall–Kier alpha value is -1.17. The van der Waals surface area contributed by atoms with Crippen molar-refractivity contribution in [2.75, 3.05) is 46.6 Å². The number of nitrogens with one attached hydrogen (secondary N) is 2. The van der Waals surface area contributed by atoms with Crippen LogP contribution >= 0.6 is 0 Å². The van der Waals surface area contributed by atoms with Gasteiger partial charge in [-0.3, -0.25) is 4.79 Å². The molecule has 1 amide bonds. The molecule has 12 unspecified atom stereocenters. The molecular weight excluding hydrogens is 584 g/mol. The van der Waals surface area contributed by atoms with Gasteiger partial charge in [-0.25, -0.2) is 0 Å². The molecule has 2 aliphatic heterocycles. The molecule has 2 aliphatic rings. The van der Waals surface area contributed by atoms with E-state index in [2.05, 4.69) is 10.6 Å². The van der Waals surface area contributed by atoms with Crippen LogP contribution in [0.4, 0.5) is 0 Å². The summed E-state index contributed by atoms with van der Waals surface area (Å²) >= 11 is 0. The molecule has 0 aromatic carbocycles. The summed E-state index contributed by atoms with van der Waals surface area (Å²) in [7, 11) is 1.76. The second kappa shape index (κ2) is 18.7. The predicted molar refractivity (Wildman–Crippen MR) is 142 cm³/mol. The fourth-order valence-corrected chi connectivity index (χ4v) is 4.54. The first kappa shape index (κ1) is 38.0. The number of ether oxygens (including phenoxy) is 6. The molecule has 0 spiro atoms. The first-order valence-electron chi connectivity index (χ1n) is 14.1. The molecule has 0 bridgehead atoms. The van der Waals surface area contributed by atoms with E-state index in [0.29, 0.717) is 13.0 Å². The third-order valence-corrected chi connectivity index (χ3v) is 6.99. The minimum absolute atomic E-state index is 0.185. The van der Waals surface area contributed by atoms with Crippen molar-refractivity contribution in [1.82, 2.24) is 10.6 Å². The Labute approximate surface area is 249 Å². The third-order valence-electron chi connectivity index (χ3n) is 6.99. The second-order valence-electron chi connectivity index (χ2n) is 10.4. The molecule has 18 nitrogen and oxygen atoms in total. The fourth-order valence-electron chi connectivity index (χ4n) is 4.54. The molecule has 2 rings (SSSR count). The number of aliphatic hydroxyl groups is 9. The Balaban J connectivity index is 2.24. The average molecular weight is 633 g/mol. The first-order chi connectivity index (χ1) is 20.4. The minimum atomic E-state index is -1.79. The molecule has 43 heavy (non-hydrogen) atoms. The Bertz CT molecular complexity index is 796. The van der Waals surface area contributed by atoms with Crippen LogP contribution < -0.4 is 10.6 Å². The monoisotopic (exact) mass is 632 g/mol. The van der Waals surface area contributed by atoms with Crippen molar-refractivity contribution in [1.29, 1.82) is 0 Å². The SMILES string of the molecule is CNCCCOC1OC(CO)C(OC(OC(CO)[C@@H](C)O)[C@@H](O)COC2OC(CO)C(O)C(O)C2O)C(O)C1NC(C)=O. The van der Waals surface area contributed by atoms with Crippen LogP contribution in [0.15, 0.2) is 0 Å². The molecule has 254 valence electrons. The van der Waals surface area contributed by atoms with Crippen molar-refractivity contribution in [2.45, 2.75) is 106 Å². The molecule has 18 heteroatoms. The summed E-state index contributed by atoms with van der Waals surface area (Å²) in [6.07, 6.45) is -19.2. The summed E-state index contributed by atoms with van der Waals surface area (Å²) in [6, 6.07) is -1.19. The van der Waals surface area contributed by atoms with E-state index in [9.17, 15) is 50.8 Å². The van der Waals surface area contributed by atoms with E-state index in [4.69, 9.17) is 28.4 Å². The Kier molecular flexibility index (Phi) is 16.5. The van der Waals surface area contributed by atoms with Gasteiger partial charge in [0.15, 0.2) is 18.9 Å². The lowest BCUT2D eigenvalue weighted by molar-refractivity contribution is -0.335. The Morgan fingerprint density at radius 2 is 1.56 bits per heavy atom. The van der Waals surface area contributed by atoms with Crippen molar-refractivity contribution in [3.63, 3.8) is 0 Å². The van der Waals surface area contributed by atoms with Gasteiger partial charge in [0.2, 0.25) is 5.91 Å². The topological polar surface area (TPSA) is 279 Å². The zero-order chi connectivity index (χ0) is 32.3. The fraction of sp³-hybridized carbons (Fsp3) is 0.960. The number of carbonyl (C=O) groups excluding carboxylic acids is 1. The molecular formula is C25H48N2O16. The van der Waals surface area contributed by atoms with Gasteiger partial charge in [-0.1, -0.05) is 0 Å². The van der Waals surface area contributed by atoms with Crippen LogP contribution in [0.2, 0.25) is 0 Å². The molecule has 0 aliphatic carbocycles. The maximum absolute atomic E-state index is 11.9. The number of aliphatic hydroxyl groups excluding tert-OH is 9. The summed E-state index contributed by atoms with van der Waals surface area (Å²) < 4.78 is 33.6. The lowest BCUT2D eigenvalue weighted by Gasteiger charge is -2.45. The van der Waals surface area contributed by atoms with Crippen LogP contribution in [0.1, 0.15) is 20.3 Å². The molecule has 11 N–H and O–H groups in total. The Morgan fingerprint density at radius 3 is 2.12 bits per heavy atom. The first-order valence-corrected chi connectivity index (χ1v) is 14.1. The van der Waals surface area contributed by atoms with E-state index in [1.807, 2.05) is 0 Å². The molecule has 0 saturated carbocycles. The van der Waals surface area contributed by atoms with Crippen LogP contribution in [-0.4, -0.2) is 184 Å². The highest BCUT2D eigenvalue weighted by atomic mass is 16.7. The van der Waals surface area contributed by atoms with Crippen molar-refractivity contribution in [2.24, 2.45) is 0 Å². The quantitative estimate of drug-likeness (QED) is 0.0495. The maximum Gasteiger partial charge on any atom is 0.217 e. The summed E-state index contributed by atoms with van der Waals surface area (Å²) in [5, 5.41) is 97.0. The van der Waals surface area contributed by atoms with Crippen LogP contribution in [0, 0.1) is 0 Å².